The number of halogens is 1. The van der Waals surface area contributed by atoms with E-state index in [1.807, 2.05) is 55.6 Å². The fraction of sp³-hybridized carbons (Fsp3) is 0.263. The highest BCUT2D eigenvalue weighted by Gasteiger charge is 2.15. The van der Waals surface area contributed by atoms with Crippen molar-refractivity contribution in [1.82, 2.24) is 14.9 Å². The smallest absolute Gasteiger partial charge is 0.232 e. The van der Waals surface area contributed by atoms with Gasteiger partial charge in [-0.1, -0.05) is 35.9 Å². The zero-order valence-corrected chi connectivity index (χ0v) is 15.8. The van der Waals surface area contributed by atoms with Gasteiger partial charge in [0.25, 0.3) is 0 Å². The highest BCUT2D eigenvalue weighted by Crippen LogP contribution is 2.28. The van der Waals surface area contributed by atoms with Gasteiger partial charge in [-0.15, -0.1) is 11.8 Å². The number of amides is 1. The van der Waals surface area contributed by atoms with Gasteiger partial charge >= 0.3 is 0 Å². The number of thioether (sulfide) groups is 1. The Kier molecular flexibility index (Phi) is 5.66. The molecule has 0 fully saturated rings. The molecule has 6 heteroatoms. The number of imidazole rings is 1. The minimum atomic E-state index is 0.0907. The second-order valence-corrected chi connectivity index (χ2v) is 7.74. The Hall–Kier alpha value is -1.98. The summed E-state index contributed by atoms with van der Waals surface area (Å²) in [6, 6.07) is 15.5. The molecule has 1 atom stereocenters. The molecule has 3 aromatic rings. The van der Waals surface area contributed by atoms with Gasteiger partial charge in [-0.3, -0.25) is 4.79 Å². The van der Waals surface area contributed by atoms with Crippen LogP contribution >= 0.6 is 23.4 Å². The van der Waals surface area contributed by atoms with E-state index >= 15 is 0 Å². The molecular formula is C19H20ClN3OS. The van der Waals surface area contributed by atoms with Gasteiger partial charge < -0.3 is 9.88 Å². The van der Waals surface area contributed by atoms with Crippen molar-refractivity contribution in [3.05, 3.63) is 64.9 Å². The van der Waals surface area contributed by atoms with Crippen molar-refractivity contribution in [2.24, 2.45) is 0 Å². The number of hydrogen-bond donors (Lipinski definition) is 1. The number of rotatable bonds is 6. The molecule has 1 amide bonds. The van der Waals surface area contributed by atoms with Crippen LogP contribution in [0.15, 0.2) is 48.5 Å². The number of para-hydroxylation sites is 2. The molecule has 0 aliphatic rings. The number of aromatic nitrogens is 2. The van der Waals surface area contributed by atoms with Gasteiger partial charge in [-0.05, 0) is 36.8 Å². The second kappa shape index (κ2) is 7.93. The van der Waals surface area contributed by atoms with E-state index in [2.05, 4.69) is 16.9 Å². The van der Waals surface area contributed by atoms with Crippen molar-refractivity contribution in [3.8, 4) is 0 Å². The molecule has 1 aromatic heterocycles. The first-order valence-electron chi connectivity index (χ1n) is 8.07. The summed E-state index contributed by atoms with van der Waals surface area (Å²) in [6.45, 7) is 2.62. The maximum atomic E-state index is 12.4. The molecule has 0 bridgehead atoms. The Bertz CT molecular complexity index is 847. The summed E-state index contributed by atoms with van der Waals surface area (Å²) in [5, 5.41) is 0.808. The van der Waals surface area contributed by atoms with Gasteiger partial charge in [0.15, 0.2) is 0 Å². The molecule has 2 aromatic carbocycles. The molecule has 1 unspecified atom stereocenters. The van der Waals surface area contributed by atoms with E-state index in [-0.39, 0.29) is 11.2 Å². The number of aromatic amines is 1. The number of carbonyl (C=O) groups is 1. The van der Waals surface area contributed by atoms with Gasteiger partial charge in [0, 0.05) is 18.6 Å². The molecule has 0 saturated heterocycles. The molecule has 0 radical (unpaired) electrons. The van der Waals surface area contributed by atoms with Gasteiger partial charge in [0.05, 0.1) is 22.0 Å². The van der Waals surface area contributed by atoms with Crippen LogP contribution in [0, 0.1) is 0 Å². The SMILES string of the molecule is CC(SCC(=O)N(C)Cc1cccc(Cl)c1)c1nc2ccccc2[nH]1. The normalized spacial score (nSPS) is 12.3. The molecule has 0 aliphatic heterocycles. The van der Waals surface area contributed by atoms with Crippen molar-refractivity contribution in [1.29, 1.82) is 0 Å². The molecule has 4 nitrogen and oxygen atoms in total. The summed E-state index contributed by atoms with van der Waals surface area (Å²) in [6.07, 6.45) is 0. The van der Waals surface area contributed by atoms with Crippen molar-refractivity contribution in [3.63, 3.8) is 0 Å². The highest BCUT2D eigenvalue weighted by molar-refractivity contribution is 8.00. The molecule has 0 aliphatic carbocycles. The average molecular weight is 374 g/mol. The minimum absolute atomic E-state index is 0.0907. The van der Waals surface area contributed by atoms with Crippen LogP contribution in [-0.2, 0) is 11.3 Å². The number of H-pyrrole nitrogens is 1. The number of nitrogens with zero attached hydrogens (tertiary/aromatic N) is 2. The predicted molar refractivity (Wildman–Crippen MR) is 105 cm³/mol. The standard InChI is InChI=1S/C19H20ClN3OS/c1-13(19-21-16-8-3-4-9-17(16)22-19)25-12-18(24)23(2)11-14-6-5-7-15(20)10-14/h3-10,13H,11-12H2,1-2H3,(H,21,22). The zero-order chi connectivity index (χ0) is 17.8. The highest BCUT2D eigenvalue weighted by atomic mass is 35.5. The Morgan fingerprint density at radius 2 is 2.08 bits per heavy atom. The van der Waals surface area contributed by atoms with Crippen LogP contribution in [0.3, 0.4) is 0 Å². The van der Waals surface area contributed by atoms with E-state index in [1.54, 1.807) is 16.7 Å². The van der Waals surface area contributed by atoms with E-state index in [9.17, 15) is 4.79 Å². The van der Waals surface area contributed by atoms with E-state index in [4.69, 9.17) is 11.6 Å². The van der Waals surface area contributed by atoms with E-state index in [1.165, 1.54) is 0 Å². The Morgan fingerprint density at radius 1 is 1.28 bits per heavy atom. The Labute approximate surface area is 156 Å². The van der Waals surface area contributed by atoms with Crippen molar-refractivity contribution < 1.29 is 4.79 Å². The van der Waals surface area contributed by atoms with E-state index in [0.29, 0.717) is 17.3 Å². The zero-order valence-electron chi connectivity index (χ0n) is 14.2. The van der Waals surface area contributed by atoms with Gasteiger partial charge in [-0.2, -0.15) is 0 Å². The summed E-state index contributed by atoms with van der Waals surface area (Å²) in [4.78, 5) is 22.0. The summed E-state index contributed by atoms with van der Waals surface area (Å²) >= 11 is 7.58. The molecule has 0 saturated carbocycles. The number of carbonyl (C=O) groups excluding carboxylic acids is 1. The van der Waals surface area contributed by atoms with Crippen LogP contribution < -0.4 is 0 Å². The van der Waals surface area contributed by atoms with Crippen LogP contribution in [0.5, 0.6) is 0 Å². The van der Waals surface area contributed by atoms with Crippen LogP contribution in [0.2, 0.25) is 5.02 Å². The number of fused-ring (bicyclic) bond motifs is 1. The van der Waals surface area contributed by atoms with Crippen LogP contribution in [-0.4, -0.2) is 33.6 Å². The summed E-state index contributed by atoms with van der Waals surface area (Å²) in [5.74, 6) is 1.40. The number of benzene rings is 2. The monoisotopic (exact) mass is 373 g/mol. The summed E-state index contributed by atoms with van der Waals surface area (Å²) in [7, 11) is 1.82. The number of nitrogens with one attached hydrogen (secondary N) is 1. The molecule has 3 rings (SSSR count). The Morgan fingerprint density at radius 3 is 2.84 bits per heavy atom. The van der Waals surface area contributed by atoms with Gasteiger partial charge in [-0.25, -0.2) is 4.98 Å². The summed E-state index contributed by atoms with van der Waals surface area (Å²) < 4.78 is 0. The maximum absolute atomic E-state index is 12.4. The minimum Gasteiger partial charge on any atom is -0.341 e. The van der Waals surface area contributed by atoms with Crippen molar-refractivity contribution in [2.45, 2.75) is 18.7 Å². The molecule has 1 heterocycles. The largest absolute Gasteiger partial charge is 0.341 e. The fourth-order valence-electron chi connectivity index (χ4n) is 2.55. The first-order valence-corrected chi connectivity index (χ1v) is 9.50. The summed E-state index contributed by atoms with van der Waals surface area (Å²) in [5.41, 5.74) is 3.00. The Balaban J connectivity index is 1.55. The lowest BCUT2D eigenvalue weighted by molar-refractivity contribution is -0.127. The average Bonchev–Trinajstić information content (AvgIpc) is 3.03. The molecular weight excluding hydrogens is 354 g/mol. The van der Waals surface area contributed by atoms with Crippen LogP contribution in [0.25, 0.3) is 11.0 Å². The van der Waals surface area contributed by atoms with E-state index < -0.39 is 0 Å². The quantitative estimate of drug-likeness (QED) is 0.683. The first kappa shape index (κ1) is 17.8. The lowest BCUT2D eigenvalue weighted by atomic mass is 10.2. The molecule has 0 spiro atoms. The topological polar surface area (TPSA) is 49.0 Å². The lowest BCUT2D eigenvalue weighted by Crippen LogP contribution is -2.28. The first-order chi connectivity index (χ1) is 12.0. The van der Waals surface area contributed by atoms with Crippen LogP contribution in [0.4, 0.5) is 0 Å². The fourth-order valence-corrected chi connectivity index (χ4v) is 3.64. The third-order valence-electron chi connectivity index (χ3n) is 3.98. The number of hydrogen-bond acceptors (Lipinski definition) is 3. The van der Waals surface area contributed by atoms with Gasteiger partial charge in [0.2, 0.25) is 5.91 Å². The lowest BCUT2D eigenvalue weighted by Gasteiger charge is -2.18. The molecule has 1 N–H and O–H groups in total. The van der Waals surface area contributed by atoms with Crippen molar-refractivity contribution >= 4 is 40.3 Å². The molecule has 130 valence electrons. The third kappa shape index (κ3) is 4.55. The van der Waals surface area contributed by atoms with Gasteiger partial charge in [0.1, 0.15) is 5.82 Å². The second-order valence-electron chi connectivity index (χ2n) is 5.97. The van der Waals surface area contributed by atoms with Crippen LogP contribution in [0.1, 0.15) is 23.6 Å². The predicted octanol–water partition coefficient (Wildman–Crippen LogP) is 4.67. The molecule has 25 heavy (non-hydrogen) atoms. The van der Waals surface area contributed by atoms with Crippen molar-refractivity contribution in [2.75, 3.05) is 12.8 Å². The third-order valence-corrected chi connectivity index (χ3v) is 5.36. The van der Waals surface area contributed by atoms with E-state index in [0.717, 1.165) is 22.4 Å². The maximum Gasteiger partial charge on any atom is 0.232 e.